The Labute approximate surface area is 116 Å². The second-order valence-electron chi connectivity index (χ2n) is 5.69. The molecule has 1 nitrogen and oxygen atoms in total. The zero-order chi connectivity index (χ0) is 13.1. The third kappa shape index (κ3) is 3.30. The van der Waals surface area contributed by atoms with Crippen molar-refractivity contribution in [2.24, 2.45) is 11.7 Å². The average Bonchev–Trinajstić information content (AvgIpc) is 2.35. The van der Waals surface area contributed by atoms with Crippen molar-refractivity contribution in [1.29, 1.82) is 0 Å². The summed E-state index contributed by atoms with van der Waals surface area (Å²) in [5.74, 6) is 3.48. The highest BCUT2D eigenvalue weighted by molar-refractivity contribution is 7.99. The number of rotatable bonds is 3. The number of nitrogens with two attached hydrogens (primary N) is 1. The van der Waals surface area contributed by atoms with Gasteiger partial charge in [-0.15, -0.1) is 0 Å². The second-order valence-corrected chi connectivity index (χ2v) is 6.92. The topological polar surface area (TPSA) is 26.0 Å². The maximum Gasteiger partial charge on any atom is 0.0300 e. The first-order chi connectivity index (χ1) is 8.58. The Kier molecular flexibility index (Phi) is 4.74. The molecule has 18 heavy (non-hydrogen) atoms. The lowest BCUT2D eigenvalue weighted by Crippen LogP contribution is -2.19. The van der Waals surface area contributed by atoms with E-state index in [1.807, 2.05) is 0 Å². The molecule has 2 heteroatoms. The van der Waals surface area contributed by atoms with Gasteiger partial charge in [-0.05, 0) is 79.7 Å². The summed E-state index contributed by atoms with van der Waals surface area (Å²) in [6.45, 7) is 6.55. The molecule has 1 aliphatic rings. The first-order valence-electron chi connectivity index (χ1n) is 6.99. The zero-order valence-corrected chi connectivity index (χ0v) is 12.6. The van der Waals surface area contributed by atoms with Gasteiger partial charge in [-0.25, -0.2) is 0 Å². The van der Waals surface area contributed by atoms with E-state index in [1.165, 1.54) is 46.6 Å². The van der Waals surface area contributed by atoms with Gasteiger partial charge in [0.2, 0.25) is 0 Å². The van der Waals surface area contributed by atoms with Crippen molar-refractivity contribution >= 4 is 11.8 Å². The molecule has 0 spiro atoms. The number of thioether (sulfide) groups is 1. The van der Waals surface area contributed by atoms with E-state index in [9.17, 15) is 0 Å². The Balaban J connectivity index is 2.08. The highest BCUT2D eigenvalue weighted by Crippen LogP contribution is 2.31. The van der Waals surface area contributed by atoms with Crippen LogP contribution in [-0.2, 0) is 0 Å². The summed E-state index contributed by atoms with van der Waals surface area (Å²) in [6, 6.07) is 4.80. The first kappa shape index (κ1) is 14.0. The van der Waals surface area contributed by atoms with Gasteiger partial charge in [-0.2, -0.15) is 11.8 Å². The minimum Gasteiger partial charge on any atom is -0.324 e. The van der Waals surface area contributed by atoms with Crippen LogP contribution in [0.25, 0.3) is 0 Å². The van der Waals surface area contributed by atoms with Crippen LogP contribution in [0.4, 0.5) is 0 Å². The Morgan fingerprint density at radius 1 is 1.11 bits per heavy atom. The summed E-state index contributed by atoms with van der Waals surface area (Å²) in [5, 5.41) is 0. The molecular weight excluding hydrogens is 238 g/mol. The third-order valence-electron chi connectivity index (χ3n) is 4.21. The fourth-order valence-electron chi connectivity index (χ4n) is 2.85. The Hall–Kier alpha value is -0.470. The molecule has 100 valence electrons. The molecule has 1 aromatic rings. The van der Waals surface area contributed by atoms with Crippen LogP contribution in [-0.4, -0.2) is 11.5 Å². The van der Waals surface area contributed by atoms with Crippen LogP contribution in [0, 0.1) is 26.7 Å². The third-order valence-corrected chi connectivity index (χ3v) is 5.26. The molecule has 1 heterocycles. The van der Waals surface area contributed by atoms with Gasteiger partial charge in [0.15, 0.2) is 0 Å². The number of benzene rings is 1. The van der Waals surface area contributed by atoms with Crippen LogP contribution in [0.3, 0.4) is 0 Å². The first-order valence-corrected chi connectivity index (χ1v) is 8.14. The molecule has 0 radical (unpaired) electrons. The SMILES string of the molecule is Cc1cc(C)c(C(N)CC2CCSCC2)cc1C. The second kappa shape index (κ2) is 6.12. The zero-order valence-electron chi connectivity index (χ0n) is 11.8. The summed E-state index contributed by atoms with van der Waals surface area (Å²) in [5.41, 5.74) is 11.9. The standard InChI is InChI=1S/C16H25NS/c1-11-8-13(3)15(9-12(11)2)16(17)10-14-4-6-18-7-5-14/h8-9,14,16H,4-7,10,17H2,1-3H3. The minimum atomic E-state index is 0.220. The lowest BCUT2D eigenvalue weighted by molar-refractivity contribution is 0.412. The van der Waals surface area contributed by atoms with Crippen molar-refractivity contribution in [3.05, 3.63) is 34.4 Å². The molecule has 0 saturated carbocycles. The van der Waals surface area contributed by atoms with E-state index in [0.29, 0.717) is 0 Å². The van der Waals surface area contributed by atoms with Gasteiger partial charge in [0.1, 0.15) is 0 Å². The van der Waals surface area contributed by atoms with Gasteiger partial charge >= 0.3 is 0 Å². The van der Waals surface area contributed by atoms with E-state index in [2.05, 4.69) is 44.7 Å². The molecule has 0 bridgehead atoms. The van der Waals surface area contributed by atoms with E-state index in [1.54, 1.807) is 0 Å². The van der Waals surface area contributed by atoms with Gasteiger partial charge in [-0.1, -0.05) is 12.1 Å². The smallest absolute Gasteiger partial charge is 0.0300 e. The summed E-state index contributed by atoms with van der Waals surface area (Å²) in [4.78, 5) is 0. The Morgan fingerprint density at radius 3 is 2.39 bits per heavy atom. The summed E-state index contributed by atoms with van der Waals surface area (Å²) < 4.78 is 0. The molecule has 1 aliphatic heterocycles. The molecule has 0 aromatic heterocycles. The molecule has 1 saturated heterocycles. The van der Waals surface area contributed by atoms with Crippen molar-refractivity contribution in [2.45, 2.75) is 46.1 Å². The Morgan fingerprint density at radius 2 is 1.72 bits per heavy atom. The van der Waals surface area contributed by atoms with Crippen molar-refractivity contribution in [3.8, 4) is 0 Å². The molecule has 1 fully saturated rings. The molecule has 0 aliphatic carbocycles. The van der Waals surface area contributed by atoms with E-state index < -0.39 is 0 Å². The predicted octanol–water partition coefficient (Wildman–Crippen LogP) is 4.14. The van der Waals surface area contributed by atoms with Crippen molar-refractivity contribution in [3.63, 3.8) is 0 Å². The van der Waals surface area contributed by atoms with Gasteiger partial charge in [0.25, 0.3) is 0 Å². The van der Waals surface area contributed by atoms with Crippen LogP contribution >= 0.6 is 11.8 Å². The van der Waals surface area contributed by atoms with E-state index in [-0.39, 0.29) is 6.04 Å². The van der Waals surface area contributed by atoms with Gasteiger partial charge < -0.3 is 5.73 Å². The molecular formula is C16H25NS. The molecule has 1 atom stereocenters. The number of hydrogen-bond donors (Lipinski definition) is 1. The quantitative estimate of drug-likeness (QED) is 0.886. The molecule has 1 unspecified atom stereocenters. The monoisotopic (exact) mass is 263 g/mol. The normalized spacial score (nSPS) is 18.9. The highest BCUT2D eigenvalue weighted by Gasteiger charge is 2.19. The lowest BCUT2D eigenvalue weighted by Gasteiger charge is -2.25. The van der Waals surface area contributed by atoms with E-state index in [4.69, 9.17) is 5.73 Å². The van der Waals surface area contributed by atoms with Gasteiger partial charge in [-0.3, -0.25) is 0 Å². The van der Waals surface area contributed by atoms with Crippen LogP contribution in [0.5, 0.6) is 0 Å². The largest absolute Gasteiger partial charge is 0.324 e. The van der Waals surface area contributed by atoms with Crippen molar-refractivity contribution in [1.82, 2.24) is 0 Å². The predicted molar refractivity (Wildman–Crippen MR) is 82.2 cm³/mol. The van der Waals surface area contributed by atoms with E-state index >= 15 is 0 Å². The summed E-state index contributed by atoms with van der Waals surface area (Å²) in [7, 11) is 0. The molecule has 2 rings (SSSR count). The minimum absolute atomic E-state index is 0.220. The maximum absolute atomic E-state index is 6.44. The van der Waals surface area contributed by atoms with Gasteiger partial charge in [0.05, 0.1) is 0 Å². The van der Waals surface area contributed by atoms with Crippen LogP contribution in [0.15, 0.2) is 12.1 Å². The lowest BCUT2D eigenvalue weighted by atomic mass is 9.88. The highest BCUT2D eigenvalue weighted by atomic mass is 32.2. The fourth-order valence-corrected chi connectivity index (χ4v) is 4.05. The van der Waals surface area contributed by atoms with Crippen LogP contribution < -0.4 is 5.73 Å². The fraction of sp³-hybridized carbons (Fsp3) is 0.625. The summed E-state index contributed by atoms with van der Waals surface area (Å²) in [6.07, 6.45) is 3.86. The Bertz CT molecular complexity index is 408. The van der Waals surface area contributed by atoms with Crippen LogP contribution in [0.2, 0.25) is 0 Å². The number of aryl methyl sites for hydroxylation is 3. The molecule has 1 aromatic carbocycles. The molecule has 2 N–H and O–H groups in total. The van der Waals surface area contributed by atoms with E-state index in [0.717, 1.165) is 12.3 Å². The average molecular weight is 263 g/mol. The van der Waals surface area contributed by atoms with Crippen molar-refractivity contribution in [2.75, 3.05) is 11.5 Å². The van der Waals surface area contributed by atoms with Gasteiger partial charge in [0, 0.05) is 6.04 Å². The molecule has 0 amide bonds. The maximum atomic E-state index is 6.44. The number of hydrogen-bond acceptors (Lipinski definition) is 2. The summed E-state index contributed by atoms with van der Waals surface area (Å²) >= 11 is 2.09. The van der Waals surface area contributed by atoms with Crippen LogP contribution in [0.1, 0.15) is 47.6 Å². The van der Waals surface area contributed by atoms with Crippen molar-refractivity contribution < 1.29 is 0 Å².